The number of fused-ring (bicyclic) bond motifs is 1. The van der Waals surface area contributed by atoms with Crippen molar-refractivity contribution in [2.24, 2.45) is 0 Å². The molecule has 0 bridgehead atoms. The average Bonchev–Trinajstić information content (AvgIpc) is 2.28. The number of aryl methyl sites for hydroxylation is 1. The maximum atomic E-state index is 2.57. The highest BCUT2D eigenvalue weighted by molar-refractivity contribution is 5.37. The third-order valence-electron chi connectivity index (χ3n) is 3.36. The molecule has 82 valence electrons. The Bertz CT molecular complexity index is 330. The van der Waals surface area contributed by atoms with E-state index < -0.39 is 0 Å². The van der Waals surface area contributed by atoms with E-state index in [1.165, 1.54) is 32.4 Å². The molecule has 2 rings (SSSR count). The molecule has 1 aliphatic heterocycles. The predicted octanol–water partition coefficient (Wildman–Crippen LogP) is 3.02. The zero-order valence-electron chi connectivity index (χ0n) is 9.92. The summed E-state index contributed by atoms with van der Waals surface area (Å²) in [5, 5.41) is 0. The highest BCUT2D eigenvalue weighted by atomic mass is 15.1. The SMILES string of the molecule is CCCN1CCc2c(CC)cccc2C1. The molecule has 0 aromatic heterocycles. The summed E-state index contributed by atoms with van der Waals surface area (Å²) in [5.74, 6) is 0. The van der Waals surface area contributed by atoms with Gasteiger partial charge in [0.05, 0.1) is 0 Å². The summed E-state index contributed by atoms with van der Waals surface area (Å²) in [6, 6.07) is 6.80. The van der Waals surface area contributed by atoms with Crippen molar-refractivity contribution in [1.29, 1.82) is 0 Å². The minimum atomic E-state index is 1.16. The maximum Gasteiger partial charge on any atom is 0.0236 e. The van der Waals surface area contributed by atoms with E-state index in [-0.39, 0.29) is 0 Å². The van der Waals surface area contributed by atoms with E-state index in [9.17, 15) is 0 Å². The smallest absolute Gasteiger partial charge is 0.0236 e. The van der Waals surface area contributed by atoms with Gasteiger partial charge >= 0.3 is 0 Å². The first-order valence-electron chi connectivity index (χ1n) is 6.17. The van der Waals surface area contributed by atoms with Crippen LogP contribution in [0.15, 0.2) is 18.2 Å². The van der Waals surface area contributed by atoms with Crippen LogP contribution in [0.3, 0.4) is 0 Å². The zero-order chi connectivity index (χ0) is 10.7. The molecule has 0 saturated heterocycles. The molecule has 1 aliphatic rings. The Morgan fingerprint density at radius 2 is 2.13 bits per heavy atom. The van der Waals surface area contributed by atoms with Gasteiger partial charge < -0.3 is 0 Å². The summed E-state index contributed by atoms with van der Waals surface area (Å²) >= 11 is 0. The molecule has 1 aromatic carbocycles. The molecule has 0 fully saturated rings. The highest BCUT2D eigenvalue weighted by Gasteiger charge is 2.16. The Kier molecular flexibility index (Phi) is 3.42. The van der Waals surface area contributed by atoms with Gasteiger partial charge in [-0.05, 0) is 42.5 Å². The van der Waals surface area contributed by atoms with Gasteiger partial charge in [0.15, 0.2) is 0 Å². The fraction of sp³-hybridized carbons (Fsp3) is 0.571. The van der Waals surface area contributed by atoms with Gasteiger partial charge in [-0.2, -0.15) is 0 Å². The molecule has 0 amide bonds. The number of nitrogens with zero attached hydrogens (tertiary/aromatic N) is 1. The fourth-order valence-electron chi connectivity index (χ4n) is 2.59. The predicted molar refractivity (Wildman–Crippen MR) is 65.1 cm³/mol. The van der Waals surface area contributed by atoms with Crippen molar-refractivity contribution < 1.29 is 0 Å². The van der Waals surface area contributed by atoms with E-state index >= 15 is 0 Å². The monoisotopic (exact) mass is 203 g/mol. The van der Waals surface area contributed by atoms with Gasteiger partial charge in [-0.15, -0.1) is 0 Å². The molecular formula is C14H21N. The molecular weight excluding hydrogens is 182 g/mol. The molecule has 0 saturated carbocycles. The summed E-state index contributed by atoms with van der Waals surface area (Å²) in [6.45, 7) is 8.18. The number of hydrogen-bond donors (Lipinski definition) is 0. The topological polar surface area (TPSA) is 3.24 Å². The fourth-order valence-corrected chi connectivity index (χ4v) is 2.59. The lowest BCUT2D eigenvalue weighted by molar-refractivity contribution is 0.254. The normalized spacial score (nSPS) is 16.4. The van der Waals surface area contributed by atoms with Crippen LogP contribution in [0.25, 0.3) is 0 Å². The summed E-state index contributed by atoms with van der Waals surface area (Å²) in [4.78, 5) is 2.57. The lowest BCUT2D eigenvalue weighted by Crippen LogP contribution is -2.31. The second kappa shape index (κ2) is 4.80. The average molecular weight is 203 g/mol. The second-order valence-electron chi connectivity index (χ2n) is 4.43. The highest BCUT2D eigenvalue weighted by Crippen LogP contribution is 2.22. The van der Waals surface area contributed by atoms with Crippen molar-refractivity contribution in [3.63, 3.8) is 0 Å². The minimum Gasteiger partial charge on any atom is -0.299 e. The van der Waals surface area contributed by atoms with Crippen LogP contribution < -0.4 is 0 Å². The van der Waals surface area contributed by atoms with Gasteiger partial charge in [-0.3, -0.25) is 4.90 Å². The van der Waals surface area contributed by atoms with Gasteiger partial charge in [-0.1, -0.05) is 32.0 Å². The quantitative estimate of drug-likeness (QED) is 0.730. The van der Waals surface area contributed by atoms with Crippen molar-refractivity contribution in [1.82, 2.24) is 4.90 Å². The van der Waals surface area contributed by atoms with Gasteiger partial charge in [-0.25, -0.2) is 0 Å². The van der Waals surface area contributed by atoms with Gasteiger partial charge in [0.2, 0.25) is 0 Å². The van der Waals surface area contributed by atoms with Crippen molar-refractivity contribution in [2.45, 2.75) is 39.7 Å². The first-order valence-corrected chi connectivity index (χ1v) is 6.17. The Morgan fingerprint density at radius 3 is 2.87 bits per heavy atom. The van der Waals surface area contributed by atoms with Crippen molar-refractivity contribution in [3.8, 4) is 0 Å². The van der Waals surface area contributed by atoms with Crippen LogP contribution in [-0.2, 0) is 19.4 Å². The molecule has 0 spiro atoms. The molecule has 0 N–H and O–H groups in total. The third kappa shape index (κ3) is 2.23. The van der Waals surface area contributed by atoms with Crippen LogP contribution in [0.5, 0.6) is 0 Å². The summed E-state index contributed by atoms with van der Waals surface area (Å²) in [5.41, 5.74) is 4.75. The summed E-state index contributed by atoms with van der Waals surface area (Å²) in [7, 11) is 0. The Morgan fingerprint density at radius 1 is 1.27 bits per heavy atom. The molecule has 0 unspecified atom stereocenters. The van der Waals surface area contributed by atoms with E-state index in [1.807, 2.05) is 0 Å². The van der Waals surface area contributed by atoms with Gasteiger partial charge in [0.25, 0.3) is 0 Å². The lowest BCUT2D eigenvalue weighted by Gasteiger charge is -2.29. The van der Waals surface area contributed by atoms with Crippen LogP contribution in [0.1, 0.15) is 37.0 Å². The largest absolute Gasteiger partial charge is 0.299 e. The van der Waals surface area contributed by atoms with Crippen LogP contribution in [0.2, 0.25) is 0 Å². The number of hydrogen-bond acceptors (Lipinski definition) is 1. The van der Waals surface area contributed by atoms with Gasteiger partial charge in [0.1, 0.15) is 0 Å². The van der Waals surface area contributed by atoms with Crippen LogP contribution in [0.4, 0.5) is 0 Å². The summed E-state index contributed by atoms with van der Waals surface area (Å²) in [6.07, 6.45) is 3.69. The third-order valence-corrected chi connectivity index (χ3v) is 3.36. The second-order valence-corrected chi connectivity index (χ2v) is 4.43. The maximum absolute atomic E-state index is 2.57. The molecule has 1 heterocycles. The van der Waals surface area contributed by atoms with E-state index in [0.717, 1.165) is 6.54 Å². The summed E-state index contributed by atoms with van der Waals surface area (Å²) < 4.78 is 0. The Labute approximate surface area is 93.1 Å². The van der Waals surface area contributed by atoms with Crippen LogP contribution >= 0.6 is 0 Å². The molecule has 1 nitrogen and oxygen atoms in total. The first-order chi connectivity index (χ1) is 7.35. The molecule has 15 heavy (non-hydrogen) atoms. The van der Waals surface area contributed by atoms with Crippen molar-refractivity contribution in [3.05, 3.63) is 34.9 Å². The molecule has 0 atom stereocenters. The van der Waals surface area contributed by atoms with E-state index in [0.29, 0.717) is 0 Å². The molecule has 0 aliphatic carbocycles. The zero-order valence-corrected chi connectivity index (χ0v) is 9.92. The standard InChI is InChI=1S/C14H21N/c1-3-9-15-10-8-14-12(4-2)6-5-7-13(14)11-15/h5-7H,3-4,8-11H2,1-2H3. The first kappa shape index (κ1) is 10.7. The van der Waals surface area contributed by atoms with Crippen LogP contribution in [0, 0.1) is 0 Å². The molecule has 1 heteroatoms. The molecule has 1 aromatic rings. The minimum absolute atomic E-state index is 1.16. The van der Waals surface area contributed by atoms with Crippen molar-refractivity contribution in [2.75, 3.05) is 13.1 Å². The Balaban J connectivity index is 2.20. The Hall–Kier alpha value is -0.820. The van der Waals surface area contributed by atoms with E-state index in [1.54, 1.807) is 16.7 Å². The van der Waals surface area contributed by atoms with Gasteiger partial charge in [0, 0.05) is 13.1 Å². The van der Waals surface area contributed by atoms with E-state index in [4.69, 9.17) is 0 Å². The van der Waals surface area contributed by atoms with E-state index in [2.05, 4.69) is 36.9 Å². The number of rotatable bonds is 3. The lowest BCUT2D eigenvalue weighted by atomic mass is 9.93. The number of benzene rings is 1. The van der Waals surface area contributed by atoms with Crippen LogP contribution in [-0.4, -0.2) is 18.0 Å². The molecule has 0 radical (unpaired) electrons. The van der Waals surface area contributed by atoms with Crippen molar-refractivity contribution >= 4 is 0 Å².